The van der Waals surface area contributed by atoms with E-state index >= 15 is 0 Å². The van der Waals surface area contributed by atoms with Gasteiger partial charge in [-0.3, -0.25) is 9.59 Å². The van der Waals surface area contributed by atoms with E-state index in [1.165, 1.54) is 24.3 Å². The molecule has 0 bridgehead atoms. The van der Waals surface area contributed by atoms with Gasteiger partial charge in [0, 0.05) is 16.8 Å². The summed E-state index contributed by atoms with van der Waals surface area (Å²) < 4.78 is 28.3. The van der Waals surface area contributed by atoms with Gasteiger partial charge in [0.05, 0.1) is 4.90 Å². The van der Waals surface area contributed by atoms with Gasteiger partial charge >= 0.3 is 0 Å². The lowest BCUT2D eigenvalue weighted by Crippen LogP contribution is -2.47. The summed E-state index contributed by atoms with van der Waals surface area (Å²) in [4.78, 5) is 25.7. The molecule has 0 saturated carbocycles. The molecular weight excluding hydrogens is 405 g/mol. The van der Waals surface area contributed by atoms with Crippen molar-refractivity contribution in [3.63, 3.8) is 0 Å². The van der Waals surface area contributed by atoms with Gasteiger partial charge in [-0.2, -0.15) is 0 Å². The standard InChI is InChI=1S/C22H28FN3O3S/c1-14(2)19(25-20(27)15-6-8-16(23)9-7-15)21(28)24-17-10-12-18(13-11-17)30(29)26-22(3,4)5/h6-14,19,26H,1-5H3,(H,24,28)(H,25,27). The molecular formula is C22H28FN3O3S. The molecule has 162 valence electrons. The van der Waals surface area contributed by atoms with E-state index in [1.807, 2.05) is 34.6 Å². The molecule has 0 aromatic heterocycles. The van der Waals surface area contributed by atoms with Crippen LogP contribution in [0.15, 0.2) is 53.4 Å². The third-order valence-corrected chi connectivity index (χ3v) is 5.58. The van der Waals surface area contributed by atoms with Gasteiger partial charge in [-0.1, -0.05) is 13.8 Å². The van der Waals surface area contributed by atoms with Crippen molar-refractivity contribution in [3.05, 3.63) is 59.9 Å². The second-order valence-corrected chi connectivity index (χ2v) is 9.55. The van der Waals surface area contributed by atoms with E-state index in [-0.39, 0.29) is 22.9 Å². The van der Waals surface area contributed by atoms with Gasteiger partial charge in [-0.05, 0) is 75.2 Å². The zero-order chi connectivity index (χ0) is 22.5. The number of rotatable bonds is 7. The Hall–Kier alpha value is -2.58. The van der Waals surface area contributed by atoms with Crippen LogP contribution < -0.4 is 15.4 Å². The Morgan fingerprint density at radius 3 is 2.03 bits per heavy atom. The number of hydrogen-bond acceptors (Lipinski definition) is 3. The molecule has 2 aromatic rings. The molecule has 0 aliphatic heterocycles. The zero-order valence-electron chi connectivity index (χ0n) is 17.8. The summed E-state index contributed by atoms with van der Waals surface area (Å²) in [6.07, 6.45) is 0. The smallest absolute Gasteiger partial charge is 0.251 e. The van der Waals surface area contributed by atoms with Crippen LogP contribution in [-0.2, 0) is 15.8 Å². The first-order chi connectivity index (χ1) is 14.0. The minimum atomic E-state index is -1.37. The van der Waals surface area contributed by atoms with E-state index in [4.69, 9.17) is 0 Å². The van der Waals surface area contributed by atoms with Gasteiger partial charge in [0.15, 0.2) is 0 Å². The largest absolute Gasteiger partial charge is 0.340 e. The number of amides is 2. The molecule has 2 unspecified atom stereocenters. The Morgan fingerprint density at radius 1 is 0.967 bits per heavy atom. The Kier molecular flexibility index (Phi) is 7.86. The quantitative estimate of drug-likeness (QED) is 0.623. The fraction of sp³-hybridized carbons (Fsp3) is 0.364. The number of benzene rings is 2. The summed E-state index contributed by atoms with van der Waals surface area (Å²) in [6.45, 7) is 9.41. The Balaban J connectivity index is 2.05. The maximum absolute atomic E-state index is 13.1. The molecule has 0 radical (unpaired) electrons. The summed E-state index contributed by atoms with van der Waals surface area (Å²) in [5.74, 6) is -1.44. The molecule has 0 fully saturated rings. The van der Waals surface area contributed by atoms with Gasteiger partial charge in [0.25, 0.3) is 5.91 Å². The summed E-state index contributed by atoms with van der Waals surface area (Å²) in [5, 5.41) is 5.47. The lowest BCUT2D eigenvalue weighted by atomic mass is 10.0. The third-order valence-electron chi connectivity index (χ3n) is 4.08. The van der Waals surface area contributed by atoms with Crippen LogP contribution in [-0.4, -0.2) is 27.6 Å². The van der Waals surface area contributed by atoms with Gasteiger partial charge in [-0.15, -0.1) is 0 Å². The number of carbonyl (C=O) groups excluding carboxylic acids is 2. The third kappa shape index (κ3) is 7.03. The molecule has 6 nitrogen and oxygen atoms in total. The Bertz CT molecular complexity index is 907. The minimum absolute atomic E-state index is 0.169. The lowest BCUT2D eigenvalue weighted by molar-refractivity contribution is -0.118. The van der Waals surface area contributed by atoms with Crippen molar-refractivity contribution in [1.82, 2.24) is 10.0 Å². The molecule has 8 heteroatoms. The second kappa shape index (κ2) is 9.95. The monoisotopic (exact) mass is 433 g/mol. The molecule has 30 heavy (non-hydrogen) atoms. The first-order valence-electron chi connectivity index (χ1n) is 9.63. The molecule has 0 aliphatic rings. The maximum atomic E-state index is 13.1. The number of carbonyl (C=O) groups is 2. The summed E-state index contributed by atoms with van der Waals surface area (Å²) in [5.41, 5.74) is 0.497. The summed E-state index contributed by atoms with van der Waals surface area (Å²) in [7, 11) is -1.37. The molecule has 0 heterocycles. The van der Waals surface area contributed by atoms with Crippen molar-refractivity contribution in [2.75, 3.05) is 5.32 Å². The van der Waals surface area contributed by atoms with Crippen molar-refractivity contribution < 1.29 is 18.2 Å². The van der Waals surface area contributed by atoms with E-state index in [1.54, 1.807) is 24.3 Å². The Morgan fingerprint density at radius 2 is 1.53 bits per heavy atom. The maximum Gasteiger partial charge on any atom is 0.251 e. The van der Waals surface area contributed by atoms with Crippen molar-refractivity contribution in [2.24, 2.45) is 5.92 Å². The highest BCUT2D eigenvalue weighted by molar-refractivity contribution is 7.83. The predicted octanol–water partition coefficient (Wildman–Crippen LogP) is 3.63. The summed E-state index contributed by atoms with van der Waals surface area (Å²) >= 11 is 0. The van der Waals surface area contributed by atoms with E-state index in [9.17, 15) is 18.2 Å². The average Bonchev–Trinajstić information content (AvgIpc) is 2.65. The van der Waals surface area contributed by atoms with Gasteiger partial charge < -0.3 is 10.6 Å². The van der Waals surface area contributed by atoms with Gasteiger partial charge in [0.1, 0.15) is 22.8 Å². The molecule has 2 aromatic carbocycles. The molecule has 0 saturated heterocycles. The number of hydrogen-bond donors (Lipinski definition) is 3. The van der Waals surface area contributed by atoms with Crippen LogP contribution >= 0.6 is 0 Å². The second-order valence-electron chi connectivity index (χ2n) is 8.34. The topological polar surface area (TPSA) is 87.3 Å². The highest BCUT2D eigenvalue weighted by Crippen LogP contribution is 2.15. The van der Waals surface area contributed by atoms with Crippen molar-refractivity contribution in [3.8, 4) is 0 Å². The number of nitrogens with one attached hydrogen (secondary N) is 3. The lowest BCUT2D eigenvalue weighted by Gasteiger charge is -2.22. The van der Waals surface area contributed by atoms with E-state index in [2.05, 4.69) is 15.4 Å². The van der Waals surface area contributed by atoms with Gasteiger partial charge in [0.2, 0.25) is 5.91 Å². The van der Waals surface area contributed by atoms with Crippen LogP contribution in [0.2, 0.25) is 0 Å². The van der Waals surface area contributed by atoms with E-state index in [0.29, 0.717) is 10.6 Å². The highest BCUT2D eigenvalue weighted by atomic mass is 32.2. The fourth-order valence-corrected chi connectivity index (χ4v) is 3.64. The Labute approximate surface area is 179 Å². The van der Waals surface area contributed by atoms with Crippen LogP contribution in [0.3, 0.4) is 0 Å². The molecule has 0 spiro atoms. The van der Waals surface area contributed by atoms with Crippen LogP contribution in [0, 0.1) is 11.7 Å². The van der Waals surface area contributed by atoms with Crippen LogP contribution in [0.4, 0.5) is 10.1 Å². The van der Waals surface area contributed by atoms with E-state index in [0.717, 1.165) is 0 Å². The van der Waals surface area contributed by atoms with Crippen molar-refractivity contribution in [2.45, 2.75) is 51.1 Å². The molecule has 2 amide bonds. The minimum Gasteiger partial charge on any atom is -0.340 e. The molecule has 3 N–H and O–H groups in total. The molecule has 2 rings (SSSR count). The summed E-state index contributed by atoms with van der Waals surface area (Å²) in [6, 6.07) is 11.0. The van der Waals surface area contributed by atoms with Crippen LogP contribution in [0.25, 0.3) is 0 Å². The van der Waals surface area contributed by atoms with E-state index < -0.39 is 28.8 Å². The fourth-order valence-electron chi connectivity index (χ4n) is 2.58. The van der Waals surface area contributed by atoms with Crippen LogP contribution in [0.1, 0.15) is 45.0 Å². The number of anilines is 1. The molecule has 2 atom stereocenters. The normalized spacial score (nSPS) is 13.6. The molecule has 0 aliphatic carbocycles. The highest BCUT2D eigenvalue weighted by Gasteiger charge is 2.25. The first-order valence-corrected chi connectivity index (χ1v) is 10.8. The van der Waals surface area contributed by atoms with Gasteiger partial charge in [-0.25, -0.2) is 13.3 Å². The number of halogens is 1. The predicted molar refractivity (Wildman–Crippen MR) is 117 cm³/mol. The SMILES string of the molecule is CC(C)C(NC(=O)c1ccc(F)cc1)C(=O)Nc1ccc(S(=O)NC(C)(C)C)cc1. The van der Waals surface area contributed by atoms with Crippen molar-refractivity contribution >= 4 is 28.5 Å². The first kappa shape index (κ1) is 23.7. The zero-order valence-corrected chi connectivity index (χ0v) is 18.6. The van der Waals surface area contributed by atoms with Crippen molar-refractivity contribution in [1.29, 1.82) is 0 Å². The van der Waals surface area contributed by atoms with Crippen LogP contribution in [0.5, 0.6) is 0 Å². The average molecular weight is 434 g/mol.